The summed E-state index contributed by atoms with van der Waals surface area (Å²) >= 11 is 0. The number of piperidine rings is 1. The van der Waals surface area contributed by atoms with E-state index in [1.807, 2.05) is 25.7 Å². The molecule has 1 aliphatic rings. The van der Waals surface area contributed by atoms with Crippen LogP contribution in [0.2, 0.25) is 0 Å². The minimum atomic E-state index is -0.479. The van der Waals surface area contributed by atoms with E-state index in [1.54, 1.807) is 0 Å². The lowest BCUT2D eigenvalue weighted by Gasteiger charge is -2.35. The Hall–Kier alpha value is -1.10. The molecule has 0 spiro atoms. The standard InChI is InChI=1S/C14H26N2O3/c1-14(2,3)13(19)15-10-12(18)16-8-5-4-6-11(16)7-9-17/h11,17H,4-10H2,1-3H3,(H,15,19)/t11-/m1/s1. The van der Waals surface area contributed by atoms with Gasteiger partial charge in [0.1, 0.15) is 0 Å². The lowest BCUT2D eigenvalue weighted by molar-refractivity contribution is -0.137. The van der Waals surface area contributed by atoms with Gasteiger partial charge < -0.3 is 15.3 Å². The van der Waals surface area contributed by atoms with Gasteiger partial charge in [-0.1, -0.05) is 20.8 Å². The zero-order chi connectivity index (χ0) is 14.5. The SMILES string of the molecule is CC(C)(C)C(=O)NCC(=O)N1CCCC[C@@H]1CCO. The number of likely N-dealkylation sites (tertiary alicyclic amines) is 1. The molecule has 0 aromatic carbocycles. The van der Waals surface area contributed by atoms with E-state index in [1.165, 1.54) is 0 Å². The second-order valence-electron chi connectivity index (χ2n) is 6.18. The minimum absolute atomic E-state index is 0.0456. The van der Waals surface area contributed by atoms with Crippen molar-refractivity contribution >= 4 is 11.8 Å². The van der Waals surface area contributed by atoms with Crippen LogP contribution in [0.1, 0.15) is 46.5 Å². The van der Waals surface area contributed by atoms with E-state index in [4.69, 9.17) is 5.11 Å². The van der Waals surface area contributed by atoms with Crippen LogP contribution in [0.25, 0.3) is 0 Å². The summed E-state index contributed by atoms with van der Waals surface area (Å²) in [6, 6.07) is 0.123. The van der Waals surface area contributed by atoms with Crippen molar-refractivity contribution in [3.05, 3.63) is 0 Å². The Morgan fingerprint density at radius 2 is 2.00 bits per heavy atom. The average Bonchev–Trinajstić information content (AvgIpc) is 2.35. The molecule has 2 N–H and O–H groups in total. The summed E-state index contributed by atoms with van der Waals surface area (Å²) in [7, 11) is 0. The van der Waals surface area contributed by atoms with E-state index >= 15 is 0 Å². The predicted octanol–water partition coefficient (Wildman–Crippen LogP) is 0.912. The molecule has 0 unspecified atom stereocenters. The van der Waals surface area contributed by atoms with Gasteiger partial charge in [0.15, 0.2) is 0 Å². The first-order chi connectivity index (χ1) is 8.86. The number of carbonyl (C=O) groups excluding carboxylic acids is 2. The number of rotatable bonds is 4. The number of hydrogen-bond donors (Lipinski definition) is 2. The van der Waals surface area contributed by atoms with E-state index in [9.17, 15) is 9.59 Å². The zero-order valence-electron chi connectivity index (χ0n) is 12.2. The molecular weight excluding hydrogens is 244 g/mol. The summed E-state index contributed by atoms with van der Waals surface area (Å²) in [6.45, 7) is 6.35. The molecule has 5 heteroatoms. The summed E-state index contributed by atoms with van der Waals surface area (Å²) in [4.78, 5) is 25.7. The van der Waals surface area contributed by atoms with Crippen molar-refractivity contribution < 1.29 is 14.7 Å². The Morgan fingerprint density at radius 1 is 1.32 bits per heavy atom. The monoisotopic (exact) mass is 270 g/mol. The normalized spacial score (nSPS) is 20.2. The van der Waals surface area contributed by atoms with Crippen molar-refractivity contribution in [2.75, 3.05) is 19.7 Å². The fraction of sp³-hybridized carbons (Fsp3) is 0.857. The Morgan fingerprint density at radius 3 is 2.58 bits per heavy atom. The van der Waals surface area contributed by atoms with Gasteiger partial charge in [0.05, 0.1) is 6.54 Å². The highest BCUT2D eigenvalue weighted by atomic mass is 16.3. The van der Waals surface area contributed by atoms with E-state index in [2.05, 4.69) is 5.32 Å². The largest absolute Gasteiger partial charge is 0.396 e. The zero-order valence-corrected chi connectivity index (χ0v) is 12.2. The predicted molar refractivity (Wildman–Crippen MR) is 73.5 cm³/mol. The second kappa shape index (κ2) is 6.89. The molecule has 1 fully saturated rings. The van der Waals surface area contributed by atoms with Gasteiger partial charge in [0.2, 0.25) is 11.8 Å². The molecule has 2 amide bonds. The summed E-state index contributed by atoms with van der Waals surface area (Å²) in [6.07, 6.45) is 3.67. The quantitative estimate of drug-likeness (QED) is 0.798. The molecule has 110 valence electrons. The molecule has 1 rings (SSSR count). The third-order valence-corrected chi connectivity index (χ3v) is 3.49. The number of hydrogen-bond acceptors (Lipinski definition) is 3. The summed E-state index contributed by atoms with van der Waals surface area (Å²) in [5.41, 5.74) is -0.479. The fourth-order valence-electron chi connectivity index (χ4n) is 2.30. The lowest BCUT2D eigenvalue weighted by atomic mass is 9.95. The number of amides is 2. The van der Waals surface area contributed by atoms with Gasteiger partial charge in [-0.2, -0.15) is 0 Å². The first kappa shape index (κ1) is 16.0. The molecule has 0 bridgehead atoms. The minimum Gasteiger partial charge on any atom is -0.396 e. The van der Waals surface area contributed by atoms with Gasteiger partial charge in [0.25, 0.3) is 0 Å². The van der Waals surface area contributed by atoms with Gasteiger partial charge in [-0.05, 0) is 25.7 Å². The number of nitrogens with one attached hydrogen (secondary N) is 1. The highest BCUT2D eigenvalue weighted by Gasteiger charge is 2.27. The van der Waals surface area contributed by atoms with Crippen LogP contribution in [0, 0.1) is 5.41 Å². The van der Waals surface area contributed by atoms with Crippen LogP contribution in [0.5, 0.6) is 0 Å². The molecule has 0 radical (unpaired) electrons. The van der Waals surface area contributed by atoms with Crippen LogP contribution < -0.4 is 5.32 Å². The maximum Gasteiger partial charge on any atom is 0.242 e. The van der Waals surface area contributed by atoms with Gasteiger partial charge in [-0.15, -0.1) is 0 Å². The van der Waals surface area contributed by atoms with Crippen LogP contribution in [0.4, 0.5) is 0 Å². The lowest BCUT2D eigenvalue weighted by Crippen LogP contribution is -2.49. The van der Waals surface area contributed by atoms with Gasteiger partial charge in [-0.3, -0.25) is 9.59 Å². The van der Waals surface area contributed by atoms with Crippen LogP contribution >= 0.6 is 0 Å². The van der Waals surface area contributed by atoms with Crippen LogP contribution in [-0.4, -0.2) is 47.6 Å². The van der Waals surface area contributed by atoms with Crippen molar-refractivity contribution in [2.24, 2.45) is 5.41 Å². The molecule has 0 aromatic heterocycles. The molecule has 0 aromatic rings. The first-order valence-corrected chi connectivity index (χ1v) is 7.05. The maximum absolute atomic E-state index is 12.1. The molecule has 1 aliphatic heterocycles. The molecule has 1 saturated heterocycles. The van der Waals surface area contributed by atoms with Crippen molar-refractivity contribution in [1.82, 2.24) is 10.2 Å². The number of nitrogens with zero attached hydrogens (tertiary/aromatic N) is 1. The summed E-state index contributed by atoms with van der Waals surface area (Å²) in [5.74, 6) is -0.160. The molecule has 5 nitrogen and oxygen atoms in total. The van der Waals surface area contributed by atoms with Crippen molar-refractivity contribution in [1.29, 1.82) is 0 Å². The van der Waals surface area contributed by atoms with Crippen molar-refractivity contribution in [3.8, 4) is 0 Å². The molecule has 0 aliphatic carbocycles. The van der Waals surface area contributed by atoms with Crippen LogP contribution in [0.3, 0.4) is 0 Å². The van der Waals surface area contributed by atoms with Gasteiger partial charge >= 0.3 is 0 Å². The first-order valence-electron chi connectivity index (χ1n) is 7.05. The van der Waals surface area contributed by atoms with Crippen LogP contribution in [-0.2, 0) is 9.59 Å². The highest BCUT2D eigenvalue weighted by Crippen LogP contribution is 2.19. The molecule has 0 saturated carbocycles. The topological polar surface area (TPSA) is 69.6 Å². The van der Waals surface area contributed by atoms with E-state index < -0.39 is 5.41 Å². The Labute approximate surface area is 115 Å². The van der Waals surface area contributed by atoms with Crippen molar-refractivity contribution in [2.45, 2.75) is 52.5 Å². The van der Waals surface area contributed by atoms with E-state index in [-0.39, 0.29) is 31.0 Å². The molecular formula is C14H26N2O3. The smallest absolute Gasteiger partial charge is 0.242 e. The fourth-order valence-corrected chi connectivity index (χ4v) is 2.30. The highest BCUT2D eigenvalue weighted by molar-refractivity contribution is 5.87. The van der Waals surface area contributed by atoms with E-state index in [0.29, 0.717) is 6.42 Å². The Balaban J connectivity index is 2.49. The number of aliphatic hydroxyl groups is 1. The molecule has 19 heavy (non-hydrogen) atoms. The third kappa shape index (κ3) is 4.82. The van der Waals surface area contributed by atoms with Crippen LogP contribution in [0.15, 0.2) is 0 Å². The van der Waals surface area contributed by atoms with Crippen molar-refractivity contribution in [3.63, 3.8) is 0 Å². The number of aliphatic hydroxyl groups excluding tert-OH is 1. The Bertz CT molecular complexity index is 321. The molecule has 1 heterocycles. The average molecular weight is 270 g/mol. The summed E-state index contributed by atoms with van der Waals surface area (Å²) < 4.78 is 0. The summed E-state index contributed by atoms with van der Waals surface area (Å²) in [5, 5.41) is 11.7. The van der Waals surface area contributed by atoms with E-state index in [0.717, 1.165) is 25.8 Å². The molecule has 1 atom stereocenters. The second-order valence-corrected chi connectivity index (χ2v) is 6.18. The Kier molecular flexibility index (Phi) is 5.79. The third-order valence-electron chi connectivity index (χ3n) is 3.49. The van der Waals surface area contributed by atoms with Gasteiger partial charge in [0, 0.05) is 24.6 Å². The maximum atomic E-state index is 12.1. The van der Waals surface area contributed by atoms with Gasteiger partial charge in [-0.25, -0.2) is 0 Å². The number of carbonyl (C=O) groups is 2.